The number of carbonyl (C=O) groups excluding carboxylic acids is 1. The van der Waals surface area contributed by atoms with E-state index in [-0.39, 0.29) is 11.8 Å². The number of carbonyl (C=O) groups is 1. The van der Waals surface area contributed by atoms with Crippen molar-refractivity contribution in [3.05, 3.63) is 58.1 Å². The van der Waals surface area contributed by atoms with Gasteiger partial charge in [0.25, 0.3) is 0 Å². The molecule has 140 valence electrons. The van der Waals surface area contributed by atoms with Crippen molar-refractivity contribution in [2.24, 2.45) is 0 Å². The van der Waals surface area contributed by atoms with Gasteiger partial charge in [-0.1, -0.05) is 18.2 Å². The van der Waals surface area contributed by atoms with Crippen molar-refractivity contribution >= 4 is 44.1 Å². The van der Waals surface area contributed by atoms with E-state index in [1.54, 1.807) is 25.2 Å². The molecular weight excluding hydrogens is 428 g/mol. The van der Waals surface area contributed by atoms with Crippen LogP contribution < -0.4 is 10.1 Å². The Hall–Kier alpha value is -2.45. The predicted molar refractivity (Wildman–Crippen MR) is 111 cm³/mol. The Labute approximate surface area is 170 Å². The number of rotatable bonds is 6. The normalized spacial score (nSPS) is 11.7. The van der Waals surface area contributed by atoms with E-state index in [9.17, 15) is 4.79 Å². The summed E-state index contributed by atoms with van der Waals surface area (Å²) in [6, 6.07) is 11.3. The molecule has 0 radical (unpaired) electrons. The van der Waals surface area contributed by atoms with Crippen molar-refractivity contribution in [2.45, 2.75) is 12.8 Å². The molecule has 27 heavy (non-hydrogen) atoms. The highest BCUT2D eigenvalue weighted by Gasteiger charge is 2.20. The first-order valence-corrected chi connectivity index (χ1v) is 9.93. The van der Waals surface area contributed by atoms with E-state index in [0.29, 0.717) is 22.4 Å². The van der Waals surface area contributed by atoms with Gasteiger partial charge in [0, 0.05) is 36.2 Å². The topological polar surface area (TPSA) is 67.4 Å². The van der Waals surface area contributed by atoms with E-state index in [4.69, 9.17) is 4.74 Å². The Morgan fingerprint density at radius 2 is 2.04 bits per heavy atom. The van der Waals surface area contributed by atoms with Gasteiger partial charge in [0.15, 0.2) is 16.7 Å². The minimum atomic E-state index is -0.301. The number of pyridine rings is 1. The number of halogens is 1. The number of thiazole rings is 1. The molecule has 0 aliphatic rings. The highest BCUT2D eigenvalue weighted by Crippen LogP contribution is 2.33. The van der Waals surface area contributed by atoms with Gasteiger partial charge in [0.2, 0.25) is 5.91 Å². The third kappa shape index (κ3) is 4.84. The molecule has 0 bridgehead atoms. The lowest BCUT2D eigenvalue weighted by Crippen LogP contribution is -2.26. The lowest BCUT2D eigenvalue weighted by Gasteiger charge is -2.14. The molecule has 2 heterocycles. The molecule has 0 aliphatic carbocycles. The summed E-state index contributed by atoms with van der Waals surface area (Å²) in [5.74, 6) is 1.55. The van der Waals surface area contributed by atoms with Crippen LogP contribution in [0.1, 0.15) is 18.5 Å². The molecule has 0 aliphatic heterocycles. The molecular formula is C19H19BrN4O2S. The minimum absolute atomic E-state index is 0.0155. The first-order chi connectivity index (χ1) is 12.9. The zero-order valence-corrected chi connectivity index (χ0v) is 17.5. The lowest BCUT2D eigenvalue weighted by molar-refractivity contribution is -0.129. The number of ether oxygens (including phenoxy) is 1. The predicted octanol–water partition coefficient (Wildman–Crippen LogP) is 5.03. The van der Waals surface area contributed by atoms with Crippen molar-refractivity contribution in [1.29, 1.82) is 0 Å². The maximum absolute atomic E-state index is 12.1. The zero-order chi connectivity index (χ0) is 19.4. The number of hydrogen-bond donors (Lipinski definition) is 1. The number of aromatic nitrogens is 2. The Bertz CT molecular complexity index is 930. The van der Waals surface area contributed by atoms with E-state index < -0.39 is 0 Å². The molecule has 3 aromatic rings. The van der Waals surface area contributed by atoms with Crippen LogP contribution in [-0.4, -0.2) is 34.9 Å². The Balaban J connectivity index is 1.81. The van der Waals surface area contributed by atoms with Crippen LogP contribution in [0, 0.1) is 0 Å². The summed E-state index contributed by atoms with van der Waals surface area (Å²) in [6.45, 7) is 1.85. The van der Waals surface area contributed by atoms with E-state index in [1.807, 2.05) is 48.7 Å². The summed E-state index contributed by atoms with van der Waals surface area (Å²) in [7, 11) is 3.48. The van der Waals surface area contributed by atoms with Crippen LogP contribution in [-0.2, 0) is 4.79 Å². The average Bonchev–Trinajstić information content (AvgIpc) is 3.12. The van der Waals surface area contributed by atoms with E-state index >= 15 is 0 Å². The van der Waals surface area contributed by atoms with Gasteiger partial charge in [-0.3, -0.25) is 4.79 Å². The fraction of sp³-hybridized carbons (Fsp3) is 0.211. The summed E-state index contributed by atoms with van der Waals surface area (Å²) in [5, 5.41) is 5.72. The van der Waals surface area contributed by atoms with Crippen molar-refractivity contribution in [1.82, 2.24) is 14.9 Å². The molecule has 1 N–H and O–H groups in total. The molecule has 0 fully saturated rings. The number of hydrogen-bond acceptors (Lipinski definition) is 6. The quantitative estimate of drug-likeness (QED) is 0.574. The van der Waals surface area contributed by atoms with Gasteiger partial charge >= 0.3 is 0 Å². The van der Waals surface area contributed by atoms with Gasteiger partial charge < -0.3 is 15.0 Å². The van der Waals surface area contributed by atoms with Gasteiger partial charge in [0.05, 0.1) is 11.6 Å². The number of nitrogens with zero attached hydrogens (tertiary/aromatic N) is 3. The first-order valence-electron chi connectivity index (χ1n) is 8.26. The van der Waals surface area contributed by atoms with Crippen LogP contribution in [0.15, 0.2) is 52.4 Å². The van der Waals surface area contributed by atoms with E-state index in [2.05, 4.69) is 31.2 Å². The Morgan fingerprint density at radius 3 is 2.74 bits per heavy atom. The molecule has 0 saturated carbocycles. The third-order valence-electron chi connectivity index (χ3n) is 3.79. The smallest absolute Gasteiger partial charge is 0.230 e. The number of para-hydroxylation sites is 1. The van der Waals surface area contributed by atoms with E-state index in [0.717, 1.165) is 10.2 Å². The Kier molecular flexibility index (Phi) is 6.08. The fourth-order valence-electron chi connectivity index (χ4n) is 2.37. The summed E-state index contributed by atoms with van der Waals surface area (Å²) >= 11 is 4.84. The monoisotopic (exact) mass is 446 g/mol. The number of anilines is 2. The van der Waals surface area contributed by atoms with Gasteiger partial charge in [-0.25, -0.2) is 9.97 Å². The van der Waals surface area contributed by atoms with Crippen LogP contribution in [0.3, 0.4) is 0 Å². The first kappa shape index (κ1) is 19.3. The van der Waals surface area contributed by atoms with Crippen molar-refractivity contribution in [3.63, 3.8) is 0 Å². The standard InChI is InChI=1S/C19H19BrN4O2S/c1-12(18(25)24(2)3)15-11-27-19(22-15)23-17-16(9-13(20)10-21-17)26-14-7-5-4-6-8-14/h4-12H,1-3H3,(H,21,22,23). The molecule has 0 spiro atoms. The fourth-order valence-corrected chi connectivity index (χ4v) is 3.48. The van der Waals surface area contributed by atoms with Gasteiger partial charge in [-0.05, 0) is 35.0 Å². The highest BCUT2D eigenvalue weighted by molar-refractivity contribution is 9.10. The highest BCUT2D eigenvalue weighted by atomic mass is 79.9. The van der Waals surface area contributed by atoms with Crippen LogP contribution in [0.5, 0.6) is 11.5 Å². The maximum Gasteiger partial charge on any atom is 0.230 e. The lowest BCUT2D eigenvalue weighted by atomic mass is 10.1. The van der Waals surface area contributed by atoms with Crippen LogP contribution >= 0.6 is 27.3 Å². The van der Waals surface area contributed by atoms with E-state index in [1.165, 1.54) is 11.3 Å². The molecule has 1 aromatic carbocycles. The van der Waals surface area contributed by atoms with Crippen molar-refractivity contribution in [2.75, 3.05) is 19.4 Å². The summed E-state index contributed by atoms with van der Waals surface area (Å²) in [5.41, 5.74) is 0.726. The number of nitrogens with one attached hydrogen (secondary N) is 1. The zero-order valence-electron chi connectivity index (χ0n) is 15.1. The second-order valence-corrected chi connectivity index (χ2v) is 7.85. The number of amides is 1. The van der Waals surface area contributed by atoms with Gasteiger partial charge in [0.1, 0.15) is 5.75 Å². The molecule has 8 heteroatoms. The average molecular weight is 447 g/mol. The SMILES string of the molecule is CC(C(=O)N(C)C)c1csc(Nc2ncc(Br)cc2Oc2ccccc2)n1. The van der Waals surface area contributed by atoms with Crippen LogP contribution in [0.4, 0.5) is 10.9 Å². The molecule has 0 saturated heterocycles. The van der Waals surface area contributed by atoms with Crippen molar-refractivity contribution in [3.8, 4) is 11.5 Å². The van der Waals surface area contributed by atoms with Gasteiger partial charge in [-0.2, -0.15) is 0 Å². The second kappa shape index (κ2) is 8.49. The maximum atomic E-state index is 12.1. The van der Waals surface area contributed by atoms with Crippen LogP contribution in [0.25, 0.3) is 0 Å². The molecule has 1 amide bonds. The summed E-state index contributed by atoms with van der Waals surface area (Å²) in [4.78, 5) is 22.6. The molecule has 1 unspecified atom stereocenters. The summed E-state index contributed by atoms with van der Waals surface area (Å²) in [6.07, 6.45) is 1.69. The molecule has 6 nitrogen and oxygen atoms in total. The number of likely N-dealkylation sites (N-methyl/N-ethyl adjacent to an activating group) is 1. The van der Waals surface area contributed by atoms with Crippen LogP contribution in [0.2, 0.25) is 0 Å². The molecule has 2 aromatic heterocycles. The van der Waals surface area contributed by atoms with Crippen molar-refractivity contribution < 1.29 is 9.53 Å². The number of benzene rings is 1. The second-order valence-electron chi connectivity index (χ2n) is 6.07. The Morgan fingerprint density at radius 1 is 1.30 bits per heavy atom. The largest absolute Gasteiger partial charge is 0.453 e. The summed E-state index contributed by atoms with van der Waals surface area (Å²) < 4.78 is 6.76. The minimum Gasteiger partial charge on any atom is -0.453 e. The molecule has 3 rings (SSSR count). The molecule has 1 atom stereocenters. The van der Waals surface area contributed by atoms with Gasteiger partial charge in [-0.15, -0.1) is 11.3 Å². The third-order valence-corrected chi connectivity index (χ3v) is 5.00.